The van der Waals surface area contributed by atoms with Gasteiger partial charge in [-0.3, -0.25) is 4.79 Å². The van der Waals surface area contributed by atoms with E-state index in [1.54, 1.807) is 0 Å². The molecule has 0 aromatic heterocycles. The molecule has 1 amide bonds. The van der Waals surface area contributed by atoms with Crippen LogP contribution >= 0.6 is 0 Å². The highest BCUT2D eigenvalue weighted by Crippen LogP contribution is 2.28. The zero-order chi connectivity index (χ0) is 15.5. The van der Waals surface area contributed by atoms with Crippen molar-refractivity contribution in [2.24, 2.45) is 5.92 Å². The van der Waals surface area contributed by atoms with E-state index in [0.717, 1.165) is 37.1 Å². The van der Waals surface area contributed by atoms with Crippen molar-refractivity contribution in [2.45, 2.75) is 44.6 Å². The molecule has 3 atom stereocenters. The number of anilines is 1. The lowest BCUT2D eigenvalue weighted by molar-refractivity contribution is -0.928. The first-order valence-electron chi connectivity index (χ1n) is 8.23. The average molecular weight is 309 g/mol. The number of fused-ring (bicyclic) bond motifs is 1. The third-order valence-electron chi connectivity index (χ3n) is 5.10. The first-order chi connectivity index (χ1) is 10.6. The zero-order valence-electron chi connectivity index (χ0n) is 12.7. The average Bonchev–Trinajstić information content (AvgIpc) is 2.51. The summed E-state index contributed by atoms with van der Waals surface area (Å²) in [7, 11) is 0. The third kappa shape index (κ3) is 3.46. The molecule has 2 N–H and O–H groups in total. The van der Waals surface area contributed by atoms with Crippen molar-refractivity contribution in [3.05, 3.63) is 29.8 Å². The lowest BCUT2D eigenvalue weighted by Crippen LogP contribution is -3.18. The Morgan fingerprint density at radius 1 is 1.18 bits per heavy atom. The summed E-state index contributed by atoms with van der Waals surface area (Å²) in [5.41, 5.74) is -0.0680. The molecule has 3 rings (SSSR count). The van der Waals surface area contributed by atoms with Crippen LogP contribution in [-0.4, -0.2) is 25.0 Å². The summed E-state index contributed by atoms with van der Waals surface area (Å²) in [5.74, 6) is -0.643. The van der Waals surface area contributed by atoms with Crippen LogP contribution in [0.5, 0.6) is 0 Å². The molecule has 0 radical (unpaired) electrons. The number of nitrogens with one attached hydrogen (secondary N) is 2. The van der Waals surface area contributed by atoms with Crippen molar-refractivity contribution in [3.63, 3.8) is 0 Å². The molecule has 1 saturated heterocycles. The number of piperidine rings is 1. The second kappa shape index (κ2) is 6.73. The Morgan fingerprint density at radius 3 is 2.82 bits per heavy atom. The van der Waals surface area contributed by atoms with Crippen molar-refractivity contribution in [3.8, 4) is 0 Å². The molecule has 1 aliphatic heterocycles. The highest BCUT2D eigenvalue weighted by molar-refractivity contribution is 5.91. The van der Waals surface area contributed by atoms with Gasteiger partial charge in [-0.1, -0.05) is 6.42 Å². The van der Waals surface area contributed by atoms with Crippen molar-refractivity contribution >= 4 is 11.6 Å². The largest absolute Gasteiger partial charge is 0.324 e. The number of carbonyl (C=O) groups is 1. The third-order valence-corrected chi connectivity index (χ3v) is 5.10. The van der Waals surface area contributed by atoms with E-state index in [0.29, 0.717) is 12.6 Å². The van der Waals surface area contributed by atoms with Crippen molar-refractivity contribution < 1.29 is 18.5 Å². The van der Waals surface area contributed by atoms with E-state index in [2.05, 4.69) is 5.32 Å². The van der Waals surface area contributed by atoms with E-state index in [4.69, 9.17) is 0 Å². The molecule has 1 aromatic rings. The van der Waals surface area contributed by atoms with Crippen molar-refractivity contribution in [1.29, 1.82) is 0 Å². The minimum Gasteiger partial charge on any atom is -0.324 e. The van der Waals surface area contributed by atoms with E-state index >= 15 is 0 Å². The molecule has 1 heterocycles. The first-order valence-corrected chi connectivity index (χ1v) is 8.23. The smallest absolute Gasteiger partial charge is 0.279 e. The quantitative estimate of drug-likeness (QED) is 0.881. The number of rotatable bonds is 3. The van der Waals surface area contributed by atoms with Gasteiger partial charge in [0.1, 0.15) is 11.6 Å². The van der Waals surface area contributed by atoms with Gasteiger partial charge in [0.25, 0.3) is 5.91 Å². The zero-order valence-corrected chi connectivity index (χ0v) is 12.7. The molecular formula is C17H23F2N2O+. The molecular weight excluding hydrogens is 286 g/mol. The SMILES string of the molecule is O=C(C[NH+]1CCC[C@H]2CCCC[C@@H]21)Nc1cc(F)ccc1F. The monoisotopic (exact) mass is 309 g/mol. The van der Waals surface area contributed by atoms with Gasteiger partial charge >= 0.3 is 0 Å². The predicted molar refractivity (Wildman–Crippen MR) is 80.7 cm³/mol. The second-order valence-corrected chi connectivity index (χ2v) is 6.55. The van der Waals surface area contributed by atoms with Crippen molar-refractivity contribution in [1.82, 2.24) is 0 Å². The summed E-state index contributed by atoms with van der Waals surface area (Å²) in [6, 6.07) is 3.68. The van der Waals surface area contributed by atoms with Crippen LogP contribution in [0.15, 0.2) is 18.2 Å². The fourth-order valence-corrected chi connectivity index (χ4v) is 4.08. The molecule has 3 nitrogen and oxygen atoms in total. The van der Waals surface area contributed by atoms with Crippen LogP contribution in [0.4, 0.5) is 14.5 Å². The van der Waals surface area contributed by atoms with Crippen molar-refractivity contribution in [2.75, 3.05) is 18.4 Å². The van der Waals surface area contributed by atoms with Crippen LogP contribution in [0.3, 0.4) is 0 Å². The van der Waals surface area contributed by atoms with Gasteiger partial charge in [0.15, 0.2) is 6.54 Å². The summed E-state index contributed by atoms with van der Waals surface area (Å²) < 4.78 is 26.7. The molecule has 1 aromatic carbocycles. The van der Waals surface area contributed by atoms with Gasteiger partial charge in [0.05, 0.1) is 18.3 Å². The number of benzene rings is 1. The Morgan fingerprint density at radius 2 is 1.95 bits per heavy atom. The van der Waals surface area contributed by atoms with E-state index in [-0.39, 0.29) is 11.6 Å². The van der Waals surface area contributed by atoms with E-state index in [9.17, 15) is 13.6 Å². The highest BCUT2D eigenvalue weighted by Gasteiger charge is 2.37. The number of carbonyl (C=O) groups excluding carboxylic acids is 1. The Labute approximate surface area is 129 Å². The summed E-state index contributed by atoms with van der Waals surface area (Å²) in [6.45, 7) is 1.34. The molecule has 5 heteroatoms. The number of amides is 1. The molecule has 1 unspecified atom stereocenters. The molecule has 0 bridgehead atoms. The van der Waals surface area contributed by atoms with Crippen LogP contribution in [0.25, 0.3) is 0 Å². The number of likely N-dealkylation sites (tertiary alicyclic amines) is 1. The van der Waals surface area contributed by atoms with Crippen LogP contribution < -0.4 is 10.2 Å². The Kier molecular flexibility index (Phi) is 4.71. The topological polar surface area (TPSA) is 33.5 Å². The Bertz CT molecular complexity index is 547. The minimum atomic E-state index is -0.598. The number of hydrogen-bond donors (Lipinski definition) is 2. The Balaban J connectivity index is 1.62. The standard InChI is InChI=1S/C17H22F2N2O/c18-13-7-8-14(19)15(10-13)20-17(22)11-21-9-3-5-12-4-1-2-6-16(12)21/h7-8,10,12,16H,1-6,9,11H2,(H,20,22)/p+1/t12-,16+/m1/s1. The molecule has 2 aliphatic rings. The van der Waals surface area contributed by atoms with Gasteiger partial charge in [-0.2, -0.15) is 0 Å². The fraction of sp³-hybridized carbons (Fsp3) is 0.588. The van der Waals surface area contributed by atoms with E-state index in [1.807, 2.05) is 0 Å². The predicted octanol–water partition coefficient (Wildman–Crippen LogP) is 2.14. The van der Waals surface area contributed by atoms with Gasteiger partial charge in [-0.25, -0.2) is 8.78 Å². The molecule has 1 aliphatic carbocycles. The lowest BCUT2D eigenvalue weighted by Gasteiger charge is -2.40. The summed E-state index contributed by atoms with van der Waals surface area (Å²) in [5, 5.41) is 2.52. The van der Waals surface area contributed by atoms with Gasteiger partial charge in [0, 0.05) is 12.0 Å². The van der Waals surface area contributed by atoms with Crippen LogP contribution in [0.2, 0.25) is 0 Å². The second-order valence-electron chi connectivity index (χ2n) is 6.55. The minimum absolute atomic E-state index is 0.0680. The molecule has 1 saturated carbocycles. The molecule has 2 fully saturated rings. The first kappa shape index (κ1) is 15.4. The maximum absolute atomic E-state index is 13.6. The Hall–Kier alpha value is -1.49. The molecule has 0 spiro atoms. The van der Waals surface area contributed by atoms with Gasteiger partial charge in [0.2, 0.25) is 0 Å². The number of quaternary nitrogens is 1. The number of halogens is 2. The summed E-state index contributed by atoms with van der Waals surface area (Å²) >= 11 is 0. The fourth-order valence-electron chi connectivity index (χ4n) is 4.08. The summed E-state index contributed by atoms with van der Waals surface area (Å²) in [4.78, 5) is 13.5. The van der Waals surface area contributed by atoms with Crippen LogP contribution in [0.1, 0.15) is 38.5 Å². The lowest BCUT2D eigenvalue weighted by atomic mass is 9.78. The van der Waals surface area contributed by atoms with Crippen LogP contribution in [0, 0.1) is 17.6 Å². The van der Waals surface area contributed by atoms with Gasteiger partial charge in [-0.05, 0) is 44.2 Å². The molecule has 22 heavy (non-hydrogen) atoms. The normalized spacial score (nSPS) is 28.0. The maximum Gasteiger partial charge on any atom is 0.279 e. The maximum atomic E-state index is 13.6. The van der Waals surface area contributed by atoms with Gasteiger partial charge in [-0.15, -0.1) is 0 Å². The number of hydrogen-bond acceptors (Lipinski definition) is 1. The highest BCUT2D eigenvalue weighted by atomic mass is 19.1. The van der Waals surface area contributed by atoms with Gasteiger partial charge < -0.3 is 10.2 Å². The molecule has 120 valence electrons. The van der Waals surface area contributed by atoms with E-state index < -0.39 is 11.6 Å². The summed E-state index contributed by atoms with van der Waals surface area (Å²) in [6.07, 6.45) is 7.42. The van der Waals surface area contributed by atoms with Crippen LogP contribution in [-0.2, 0) is 4.79 Å². The van der Waals surface area contributed by atoms with E-state index in [1.165, 1.54) is 37.0 Å².